The molecule has 3 rings (SSSR count). The number of guanidine groups is 1. The lowest BCUT2D eigenvalue weighted by atomic mass is 9.93. The van der Waals surface area contributed by atoms with E-state index in [1.54, 1.807) is 14.0 Å². The second-order valence-electron chi connectivity index (χ2n) is 6.88. The number of fused-ring (bicyclic) bond motifs is 1. The Morgan fingerprint density at radius 2 is 2.20 bits per heavy atom. The summed E-state index contributed by atoms with van der Waals surface area (Å²) in [5.74, 6) is 1.71. The number of aromatic nitrogens is 1. The lowest BCUT2D eigenvalue weighted by Crippen LogP contribution is -2.41. The molecular weight excluding hydrogens is 515 g/mol. The Morgan fingerprint density at radius 1 is 1.43 bits per heavy atom. The van der Waals surface area contributed by atoms with E-state index >= 15 is 0 Å². The monoisotopic (exact) mass is 544 g/mol. The molecule has 0 saturated heterocycles. The quantitative estimate of drug-likeness (QED) is 0.247. The summed E-state index contributed by atoms with van der Waals surface area (Å²) in [7, 11) is 1.75. The van der Waals surface area contributed by atoms with Crippen molar-refractivity contribution in [1.29, 1.82) is 0 Å². The van der Waals surface area contributed by atoms with Gasteiger partial charge in [-0.25, -0.2) is 9.78 Å². The molecule has 30 heavy (non-hydrogen) atoms. The summed E-state index contributed by atoms with van der Waals surface area (Å²) < 4.78 is 10.8. The van der Waals surface area contributed by atoms with Gasteiger partial charge in [0.05, 0.1) is 24.9 Å². The van der Waals surface area contributed by atoms with E-state index < -0.39 is 0 Å². The van der Waals surface area contributed by atoms with Crippen molar-refractivity contribution < 1.29 is 14.3 Å². The van der Waals surface area contributed by atoms with Gasteiger partial charge in [0.2, 0.25) is 0 Å². The van der Waals surface area contributed by atoms with Crippen molar-refractivity contribution in [2.75, 3.05) is 26.8 Å². The molecule has 0 aliphatic carbocycles. The summed E-state index contributed by atoms with van der Waals surface area (Å²) in [6, 6.07) is 8.09. The molecule has 2 N–H and O–H groups in total. The van der Waals surface area contributed by atoms with Crippen LogP contribution in [0.5, 0.6) is 5.75 Å². The fourth-order valence-electron chi connectivity index (χ4n) is 3.30. The van der Waals surface area contributed by atoms with Gasteiger partial charge < -0.3 is 20.1 Å². The Hall–Kier alpha value is -1.88. The standard InChI is InChI=1S/C21H28N4O3S.HI/c1-5-27-20(26)18-13(2)24-19(29-18)14(3)25-21(22-4)23-12-15-10-11-28-17-9-7-6-8-16(15)17;/h6-9,14-15H,5,10-12H2,1-4H3,(H2,22,23,25);1H. The molecular formula is C21H29IN4O3S. The molecule has 9 heteroatoms. The predicted molar refractivity (Wildman–Crippen MR) is 130 cm³/mol. The lowest BCUT2D eigenvalue weighted by molar-refractivity contribution is 0.0531. The minimum atomic E-state index is -0.318. The fraction of sp³-hybridized carbons (Fsp3) is 0.476. The number of nitrogens with zero attached hydrogens (tertiary/aromatic N) is 2. The highest BCUT2D eigenvalue weighted by atomic mass is 127. The van der Waals surface area contributed by atoms with Crippen molar-refractivity contribution >= 4 is 47.2 Å². The maximum Gasteiger partial charge on any atom is 0.350 e. The Kier molecular flexibility index (Phi) is 9.35. The second kappa shape index (κ2) is 11.5. The summed E-state index contributed by atoms with van der Waals surface area (Å²) in [4.78, 5) is 21.5. The lowest BCUT2D eigenvalue weighted by Gasteiger charge is -2.27. The first kappa shape index (κ1) is 24.4. The number of rotatable bonds is 6. The molecule has 0 saturated carbocycles. The predicted octanol–water partition coefficient (Wildman–Crippen LogP) is 4.04. The first-order valence-corrected chi connectivity index (χ1v) is 10.7. The van der Waals surface area contributed by atoms with Crippen LogP contribution in [0, 0.1) is 6.92 Å². The van der Waals surface area contributed by atoms with Crippen molar-refractivity contribution in [3.05, 3.63) is 45.4 Å². The van der Waals surface area contributed by atoms with Gasteiger partial charge in [-0.15, -0.1) is 35.3 Å². The number of aryl methyl sites for hydroxylation is 1. The molecule has 2 aromatic rings. The van der Waals surface area contributed by atoms with Crippen molar-refractivity contribution in [1.82, 2.24) is 15.6 Å². The topological polar surface area (TPSA) is 84.8 Å². The van der Waals surface area contributed by atoms with Crippen molar-refractivity contribution in [3.63, 3.8) is 0 Å². The smallest absolute Gasteiger partial charge is 0.350 e. The van der Waals surface area contributed by atoms with Crippen molar-refractivity contribution in [2.45, 2.75) is 39.2 Å². The number of benzene rings is 1. The number of carbonyl (C=O) groups excluding carboxylic acids is 1. The first-order chi connectivity index (χ1) is 14.0. The number of carbonyl (C=O) groups is 1. The van der Waals surface area contributed by atoms with E-state index in [4.69, 9.17) is 9.47 Å². The average molecular weight is 544 g/mol. The van der Waals surface area contributed by atoms with E-state index in [-0.39, 0.29) is 36.0 Å². The van der Waals surface area contributed by atoms with Crippen LogP contribution in [0.2, 0.25) is 0 Å². The van der Waals surface area contributed by atoms with Gasteiger partial charge >= 0.3 is 5.97 Å². The molecule has 1 aliphatic heterocycles. The number of aliphatic imine (C=N–C) groups is 1. The Labute approximate surface area is 198 Å². The van der Waals surface area contributed by atoms with Gasteiger partial charge in [-0.05, 0) is 38.8 Å². The third-order valence-electron chi connectivity index (χ3n) is 4.82. The van der Waals surface area contributed by atoms with Crippen LogP contribution in [0.4, 0.5) is 0 Å². The normalized spacial score (nSPS) is 16.5. The molecule has 0 amide bonds. The van der Waals surface area contributed by atoms with Crippen LogP contribution in [-0.2, 0) is 4.74 Å². The second-order valence-corrected chi connectivity index (χ2v) is 7.91. The van der Waals surface area contributed by atoms with Crippen molar-refractivity contribution in [3.8, 4) is 5.75 Å². The van der Waals surface area contributed by atoms with Gasteiger partial charge in [-0.2, -0.15) is 0 Å². The Balaban J connectivity index is 0.00000320. The molecule has 2 atom stereocenters. The highest BCUT2D eigenvalue weighted by Crippen LogP contribution is 2.32. The number of esters is 1. The maximum atomic E-state index is 12.0. The number of halogens is 1. The van der Waals surface area contributed by atoms with E-state index in [0.717, 1.165) is 30.3 Å². The molecule has 7 nitrogen and oxygen atoms in total. The summed E-state index contributed by atoms with van der Waals surface area (Å²) in [6.07, 6.45) is 0.963. The summed E-state index contributed by atoms with van der Waals surface area (Å²) >= 11 is 1.36. The van der Waals surface area contributed by atoms with Crippen LogP contribution in [0.1, 0.15) is 58.2 Å². The van der Waals surface area contributed by atoms with E-state index in [0.29, 0.717) is 29.1 Å². The Bertz CT molecular complexity index is 887. The number of thiazole rings is 1. The summed E-state index contributed by atoms with van der Waals surface area (Å²) in [6.45, 7) is 7.47. The van der Waals surface area contributed by atoms with Gasteiger partial charge in [-0.1, -0.05) is 18.2 Å². The summed E-state index contributed by atoms with van der Waals surface area (Å²) in [5, 5.41) is 7.60. The Morgan fingerprint density at radius 3 is 2.93 bits per heavy atom. The van der Waals surface area contributed by atoms with E-state index in [9.17, 15) is 4.79 Å². The minimum Gasteiger partial charge on any atom is -0.493 e. The first-order valence-electron chi connectivity index (χ1n) is 9.86. The molecule has 1 aliphatic rings. The van der Waals surface area contributed by atoms with Crippen LogP contribution in [0.3, 0.4) is 0 Å². The van der Waals surface area contributed by atoms with Gasteiger partial charge in [-0.3, -0.25) is 4.99 Å². The zero-order chi connectivity index (χ0) is 20.8. The number of para-hydroxylation sites is 1. The zero-order valence-electron chi connectivity index (χ0n) is 17.7. The van der Waals surface area contributed by atoms with Crippen LogP contribution in [0.25, 0.3) is 0 Å². The van der Waals surface area contributed by atoms with Crippen LogP contribution in [0.15, 0.2) is 29.3 Å². The molecule has 1 aromatic heterocycles. The third-order valence-corrected chi connectivity index (χ3v) is 6.14. The summed E-state index contributed by atoms with van der Waals surface area (Å²) in [5.41, 5.74) is 1.92. The number of hydrogen-bond donors (Lipinski definition) is 2. The molecule has 2 heterocycles. The molecule has 0 radical (unpaired) electrons. The van der Waals surface area contributed by atoms with Crippen LogP contribution in [-0.4, -0.2) is 43.7 Å². The molecule has 2 unspecified atom stereocenters. The highest BCUT2D eigenvalue weighted by molar-refractivity contribution is 14.0. The van der Waals surface area contributed by atoms with E-state index in [1.807, 2.05) is 32.0 Å². The van der Waals surface area contributed by atoms with Gasteiger partial charge in [0.15, 0.2) is 5.96 Å². The zero-order valence-corrected chi connectivity index (χ0v) is 20.9. The van der Waals surface area contributed by atoms with Gasteiger partial charge in [0.1, 0.15) is 15.6 Å². The number of ether oxygens (including phenoxy) is 2. The van der Waals surface area contributed by atoms with Crippen molar-refractivity contribution in [2.24, 2.45) is 4.99 Å². The largest absolute Gasteiger partial charge is 0.493 e. The molecule has 0 bridgehead atoms. The fourth-order valence-corrected chi connectivity index (χ4v) is 4.26. The SMILES string of the molecule is CCOC(=O)c1sc(C(C)NC(=NC)NCC2CCOc3ccccc32)nc1C.I. The number of hydrogen-bond acceptors (Lipinski definition) is 6. The van der Waals surface area contributed by atoms with Crippen LogP contribution >= 0.6 is 35.3 Å². The van der Waals surface area contributed by atoms with E-state index in [2.05, 4.69) is 26.7 Å². The van der Waals surface area contributed by atoms with E-state index in [1.165, 1.54) is 16.9 Å². The average Bonchev–Trinajstić information content (AvgIpc) is 3.13. The third kappa shape index (κ3) is 5.84. The maximum absolute atomic E-state index is 12.0. The molecule has 0 spiro atoms. The van der Waals surface area contributed by atoms with Crippen LogP contribution < -0.4 is 15.4 Å². The molecule has 0 fully saturated rings. The number of nitrogens with one attached hydrogen (secondary N) is 2. The molecule has 164 valence electrons. The highest BCUT2D eigenvalue weighted by Gasteiger charge is 2.23. The van der Waals surface area contributed by atoms with Gasteiger partial charge in [0, 0.05) is 19.5 Å². The molecule has 1 aromatic carbocycles. The van der Waals surface area contributed by atoms with Gasteiger partial charge in [0.25, 0.3) is 0 Å². The minimum absolute atomic E-state index is 0.